The van der Waals surface area contributed by atoms with Crippen molar-refractivity contribution in [1.29, 1.82) is 0 Å². The highest BCUT2D eigenvalue weighted by molar-refractivity contribution is 7.77. The average Bonchev–Trinajstić information content (AvgIpc) is 3.08. The van der Waals surface area contributed by atoms with Gasteiger partial charge in [-0.3, -0.25) is 13.7 Å². The Kier molecular flexibility index (Phi) is 5.54. The van der Waals surface area contributed by atoms with E-state index in [0.717, 1.165) is 48.0 Å². The van der Waals surface area contributed by atoms with Gasteiger partial charge in [0.05, 0.1) is 12.3 Å². The molecule has 1 aromatic heterocycles. The quantitative estimate of drug-likeness (QED) is 0.604. The molecule has 1 saturated carbocycles. The minimum atomic E-state index is -2.64. The molecule has 1 aliphatic heterocycles. The standard InChI is InChI=1S/C24H26N2O4S/c27-24(25-31(28)29)17-11-12-18-20(15-17)26-13-6-14-30-21-10-5-4-9-19(21)23(26)22(18)16-7-2-1-3-8-16/h4-5,9-12,15-16H,1-3,6-8,13-14H2,(H,25,27)(H,28,29)/p-1. The first-order chi connectivity index (χ1) is 15.1. The van der Waals surface area contributed by atoms with E-state index in [4.69, 9.17) is 4.74 Å². The molecular formula is C24H25N2O4S-. The number of fused-ring (bicyclic) bond motifs is 5. The molecule has 1 N–H and O–H groups in total. The topological polar surface area (TPSA) is 83.4 Å². The first kappa shape index (κ1) is 20.3. The Morgan fingerprint density at radius 3 is 2.71 bits per heavy atom. The van der Waals surface area contributed by atoms with Crippen molar-refractivity contribution in [3.05, 3.63) is 53.6 Å². The van der Waals surface area contributed by atoms with Crippen LogP contribution < -0.4 is 9.46 Å². The maximum absolute atomic E-state index is 12.4. The Morgan fingerprint density at radius 1 is 1.10 bits per heavy atom. The molecule has 0 spiro atoms. The second-order valence-corrected chi connectivity index (χ2v) is 9.02. The molecule has 0 bridgehead atoms. The molecule has 1 unspecified atom stereocenters. The Morgan fingerprint density at radius 2 is 1.90 bits per heavy atom. The van der Waals surface area contributed by atoms with E-state index >= 15 is 0 Å². The molecule has 5 rings (SSSR count). The lowest BCUT2D eigenvalue weighted by atomic mass is 9.81. The van der Waals surface area contributed by atoms with Crippen LogP contribution in [0.2, 0.25) is 0 Å². The molecule has 31 heavy (non-hydrogen) atoms. The van der Waals surface area contributed by atoms with Crippen LogP contribution in [0, 0.1) is 0 Å². The fraction of sp³-hybridized carbons (Fsp3) is 0.375. The number of para-hydroxylation sites is 1. The molecule has 2 heterocycles. The molecule has 1 fully saturated rings. The van der Waals surface area contributed by atoms with E-state index in [9.17, 15) is 13.6 Å². The fourth-order valence-electron chi connectivity index (χ4n) is 5.17. The van der Waals surface area contributed by atoms with Crippen LogP contribution in [0.3, 0.4) is 0 Å². The van der Waals surface area contributed by atoms with Gasteiger partial charge in [0.25, 0.3) is 5.91 Å². The zero-order valence-corrected chi connectivity index (χ0v) is 18.1. The largest absolute Gasteiger partial charge is 0.755 e. The van der Waals surface area contributed by atoms with Gasteiger partial charge in [0, 0.05) is 39.8 Å². The molecule has 3 aromatic rings. The van der Waals surface area contributed by atoms with Crippen LogP contribution in [0.4, 0.5) is 0 Å². The first-order valence-electron chi connectivity index (χ1n) is 10.9. The van der Waals surface area contributed by atoms with Gasteiger partial charge in [-0.25, -0.2) is 0 Å². The number of benzene rings is 2. The summed E-state index contributed by atoms with van der Waals surface area (Å²) in [6.07, 6.45) is 6.91. The number of amides is 1. The predicted octanol–water partition coefficient (Wildman–Crippen LogP) is 4.66. The number of carbonyl (C=O) groups excluding carboxylic acids is 1. The van der Waals surface area contributed by atoms with Gasteiger partial charge in [-0.15, -0.1) is 0 Å². The SMILES string of the molecule is O=C(NS(=O)[O-])c1ccc2c(C3CCCCC3)c3n(c2c1)CCCOc1ccccc1-3. The molecule has 162 valence electrons. The van der Waals surface area contributed by atoms with Crippen LogP contribution in [0.1, 0.15) is 60.4 Å². The van der Waals surface area contributed by atoms with E-state index in [-0.39, 0.29) is 0 Å². The lowest BCUT2D eigenvalue weighted by Crippen LogP contribution is -2.25. The second-order valence-electron chi connectivity index (χ2n) is 8.34. The number of rotatable bonds is 3. The monoisotopic (exact) mass is 437 g/mol. The van der Waals surface area contributed by atoms with Gasteiger partial charge < -0.3 is 13.9 Å². The van der Waals surface area contributed by atoms with Gasteiger partial charge >= 0.3 is 0 Å². The van der Waals surface area contributed by atoms with Crippen LogP contribution in [-0.2, 0) is 17.8 Å². The van der Waals surface area contributed by atoms with E-state index in [1.165, 1.54) is 30.5 Å². The smallest absolute Gasteiger partial charge is 0.262 e. The van der Waals surface area contributed by atoms with Crippen molar-refractivity contribution in [3.63, 3.8) is 0 Å². The molecular weight excluding hydrogens is 412 g/mol. The normalized spacial score (nSPS) is 17.7. The minimum absolute atomic E-state index is 0.346. The number of ether oxygens (including phenoxy) is 1. The number of aryl methyl sites for hydroxylation is 1. The van der Waals surface area contributed by atoms with E-state index in [1.54, 1.807) is 6.07 Å². The van der Waals surface area contributed by atoms with Gasteiger partial charge in [-0.05, 0) is 55.0 Å². The Balaban J connectivity index is 1.77. The summed E-state index contributed by atoms with van der Waals surface area (Å²) in [5.41, 5.74) is 4.94. The maximum atomic E-state index is 12.4. The van der Waals surface area contributed by atoms with Crippen molar-refractivity contribution in [3.8, 4) is 17.0 Å². The Labute approximate surface area is 184 Å². The third-order valence-electron chi connectivity index (χ3n) is 6.48. The summed E-state index contributed by atoms with van der Waals surface area (Å²) < 4.78 is 32.3. The second kappa shape index (κ2) is 8.48. The Hall–Kier alpha value is -2.64. The first-order valence-corrected chi connectivity index (χ1v) is 12.0. The number of carbonyl (C=O) groups is 1. The lowest BCUT2D eigenvalue weighted by molar-refractivity contribution is 0.0980. The van der Waals surface area contributed by atoms with Gasteiger partial charge in [0.1, 0.15) is 5.75 Å². The van der Waals surface area contributed by atoms with E-state index in [0.29, 0.717) is 18.1 Å². The average molecular weight is 438 g/mol. The number of hydrogen-bond acceptors (Lipinski definition) is 4. The van der Waals surface area contributed by atoms with Crippen molar-refractivity contribution in [2.45, 2.75) is 51.0 Å². The number of nitrogens with zero attached hydrogens (tertiary/aromatic N) is 1. The van der Waals surface area contributed by atoms with Crippen LogP contribution in [0.15, 0.2) is 42.5 Å². The zero-order chi connectivity index (χ0) is 21.4. The maximum Gasteiger partial charge on any atom is 0.262 e. The third-order valence-corrected chi connectivity index (χ3v) is 6.83. The summed E-state index contributed by atoms with van der Waals surface area (Å²) in [5, 5.41) is 1.15. The van der Waals surface area contributed by atoms with E-state index in [1.807, 2.05) is 35.1 Å². The predicted molar refractivity (Wildman–Crippen MR) is 120 cm³/mol. The molecule has 1 atom stereocenters. The highest BCUT2D eigenvalue weighted by atomic mass is 32.2. The molecule has 7 heteroatoms. The molecule has 2 aliphatic rings. The molecule has 0 radical (unpaired) electrons. The number of hydrogen-bond donors (Lipinski definition) is 1. The summed E-state index contributed by atoms with van der Waals surface area (Å²) in [7, 11) is 0. The van der Waals surface area contributed by atoms with Crippen molar-refractivity contribution >= 4 is 28.1 Å². The summed E-state index contributed by atoms with van der Waals surface area (Å²) in [5.74, 6) is 0.747. The highest BCUT2D eigenvalue weighted by Crippen LogP contribution is 2.46. The molecule has 2 aromatic carbocycles. The third kappa shape index (κ3) is 3.77. The van der Waals surface area contributed by atoms with Gasteiger partial charge in [0.15, 0.2) is 0 Å². The summed E-state index contributed by atoms with van der Waals surface area (Å²) >= 11 is -2.64. The summed E-state index contributed by atoms with van der Waals surface area (Å²) in [4.78, 5) is 12.4. The summed E-state index contributed by atoms with van der Waals surface area (Å²) in [6, 6.07) is 13.7. The lowest BCUT2D eigenvalue weighted by Gasteiger charge is -2.25. The minimum Gasteiger partial charge on any atom is -0.755 e. The van der Waals surface area contributed by atoms with Gasteiger partial charge in [0.2, 0.25) is 0 Å². The van der Waals surface area contributed by atoms with Crippen LogP contribution in [0.5, 0.6) is 5.75 Å². The van der Waals surface area contributed by atoms with Gasteiger partial charge in [-0.2, -0.15) is 0 Å². The van der Waals surface area contributed by atoms with Crippen LogP contribution in [-0.4, -0.2) is 25.8 Å². The zero-order valence-electron chi connectivity index (χ0n) is 17.3. The van der Waals surface area contributed by atoms with Crippen LogP contribution >= 0.6 is 0 Å². The van der Waals surface area contributed by atoms with E-state index < -0.39 is 17.2 Å². The highest BCUT2D eigenvalue weighted by Gasteiger charge is 2.28. The van der Waals surface area contributed by atoms with Crippen molar-refractivity contribution in [2.75, 3.05) is 6.61 Å². The van der Waals surface area contributed by atoms with Crippen molar-refractivity contribution in [1.82, 2.24) is 9.29 Å². The summed E-state index contributed by atoms with van der Waals surface area (Å²) in [6.45, 7) is 1.41. The van der Waals surface area contributed by atoms with E-state index in [2.05, 4.69) is 10.6 Å². The molecule has 0 saturated heterocycles. The molecule has 6 nitrogen and oxygen atoms in total. The number of aromatic nitrogens is 1. The number of nitrogens with one attached hydrogen (secondary N) is 1. The Bertz CT molecular complexity index is 1160. The fourth-order valence-corrected chi connectivity index (χ4v) is 5.44. The molecule has 1 amide bonds. The molecule has 1 aliphatic carbocycles. The van der Waals surface area contributed by atoms with Crippen LogP contribution in [0.25, 0.3) is 22.2 Å². The van der Waals surface area contributed by atoms with Gasteiger partial charge in [-0.1, -0.05) is 37.5 Å². The van der Waals surface area contributed by atoms with Crippen molar-refractivity contribution in [2.24, 2.45) is 0 Å². The van der Waals surface area contributed by atoms with Crippen molar-refractivity contribution < 1.29 is 18.3 Å².